The zero-order valence-electron chi connectivity index (χ0n) is 15.5. The molecule has 2 aromatic carbocycles. The highest BCUT2D eigenvalue weighted by Gasteiger charge is 2.23. The number of nitrogens with zero attached hydrogens (tertiary/aromatic N) is 1. The van der Waals surface area contributed by atoms with E-state index >= 15 is 0 Å². The Balaban J connectivity index is 1.48. The van der Waals surface area contributed by atoms with Crippen molar-refractivity contribution in [3.63, 3.8) is 0 Å². The standard InChI is InChI=1S/C22H20N2O4/c1-27-19-8-5-16(6-9-19)21(25)23-18-7-4-15-10-11-24(14-17(15)13-18)22(26)20-3-2-12-28-20/h2-9,12-13H,10-11,14H2,1H3,(H,23,25). The maximum Gasteiger partial charge on any atom is 0.289 e. The van der Waals surface area contributed by atoms with Gasteiger partial charge in [-0.1, -0.05) is 6.07 Å². The van der Waals surface area contributed by atoms with Crippen molar-refractivity contribution in [3.8, 4) is 5.75 Å². The van der Waals surface area contributed by atoms with Crippen molar-refractivity contribution in [1.29, 1.82) is 0 Å². The van der Waals surface area contributed by atoms with E-state index in [1.807, 2.05) is 18.2 Å². The van der Waals surface area contributed by atoms with E-state index in [1.54, 1.807) is 48.4 Å². The number of amides is 2. The molecule has 142 valence electrons. The van der Waals surface area contributed by atoms with Crippen LogP contribution >= 0.6 is 0 Å². The molecule has 2 amide bonds. The number of ether oxygens (including phenoxy) is 1. The van der Waals surface area contributed by atoms with Gasteiger partial charge in [-0.05, 0) is 66.1 Å². The molecule has 6 nitrogen and oxygen atoms in total. The molecule has 0 saturated carbocycles. The first-order chi connectivity index (χ1) is 13.6. The minimum Gasteiger partial charge on any atom is -0.497 e. The van der Waals surface area contributed by atoms with Crippen LogP contribution in [0.3, 0.4) is 0 Å². The molecule has 2 heterocycles. The van der Waals surface area contributed by atoms with Gasteiger partial charge in [0, 0.05) is 24.3 Å². The van der Waals surface area contributed by atoms with Crippen LogP contribution in [0, 0.1) is 0 Å². The third-order valence-corrected chi connectivity index (χ3v) is 4.85. The van der Waals surface area contributed by atoms with Gasteiger partial charge in [0.1, 0.15) is 5.75 Å². The Kier molecular flexibility index (Phi) is 4.85. The summed E-state index contributed by atoms with van der Waals surface area (Å²) < 4.78 is 10.3. The first-order valence-corrected chi connectivity index (χ1v) is 9.04. The lowest BCUT2D eigenvalue weighted by Gasteiger charge is -2.28. The fourth-order valence-electron chi connectivity index (χ4n) is 3.31. The third kappa shape index (κ3) is 3.62. The van der Waals surface area contributed by atoms with Gasteiger partial charge in [-0.25, -0.2) is 0 Å². The number of carbonyl (C=O) groups excluding carboxylic acids is 2. The molecule has 0 fully saturated rings. The molecule has 0 atom stereocenters. The van der Waals surface area contributed by atoms with Crippen LogP contribution in [0.15, 0.2) is 65.3 Å². The molecular formula is C22H20N2O4. The van der Waals surface area contributed by atoms with E-state index < -0.39 is 0 Å². The zero-order valence-corrected chi connectivity index (χ0v) is 15.5. The summed E-state index contributed by atoms with van der Waals surface area (Å²) in [6.07, 6.45) is 2.27. The predicted octanol–water partition coefficient (Wildman–Crippen LogP) is 3.74. The van der Waals surface area contributed by atoms with Crippen LogP contribution in [0.1, 0.15) is 32.0 Å². The largest absolute Gasteiger partial charge is 0.497 e. The van der Waals surface area contributed by atoms with Gasteiger partial charge >= 0.3 is 0 Å². The molecule has 0 radical (unpaired) electrons. The summed E-state index contributed by atoms with van der Waals surface area (Å²) in [6, 6.07) is 16.1. The van der Waals surface area contributed by atoms with E-state index in [4.69, 9.17) is 9.15 Å². The van der Waals surface area contributed by atoms with E-state index in [2.05, 4.69) is 5.32 Å². The Hall–Kier alpha value is -3.54. The highest BCUT2D eigenvalue weighted by molar-refractivity contribution is 6.04. The normalized spacial score (nSPS) is 13.0. The van der Waals surface area contributed by atoms with E-state index in [9.17, 15) is 9.59 Å². The summed E-state index contributed by atoms with van der Waals surface area (Å²) in [5.41, 5.74) is 3.46. The Morgan fingerprint density at radius 1 is 1.07 bits per heavy atom. The maximum absolute atomic E-state index is 12.5. The number of hydrogen-bond acceptors (Lipinski definition) is 4. The number of anilines is 1. The van der Waals surface area contributed by atoms with E-state index in [-0.39, 0.29) is 11.8 Å². The lowest BCUT2D eigenvalue weighted by molar-refractivity contribution is 0.0702. The Morgan fingerprint density at radius 3 is 2.61 bits per heavy atom. The zero-order chi connectivity index (χ0) is 19.5. The Bertz CT molecular complexity index is 994. The molecule has 0 bridgehead atoms. The fourth-order valence-corrected chi connectivity index (χ4v) is 3.31. The van der Waals surface area contributed by atoms with Gasteiger partial charge in [-0.3, -0.25) is 9.59 Å². The van der Waals surface area contributed by atoms with Gasteiger partial charge in [0.2, 0.25) is 0 Å². The molecule has 0 unspecified atom stereocenters. The molecule has 1 aliphatic rings. The van der Waals surface area contributed by atoms with Crippen molar-refractivity contribution in [2.24, 2.45) is 0 Å². The Labute approximate surface area is 162 Å². The first-order valence-electron chi connectivity index (χ1n) is 9.04. The van der Waals surface area contributed by atoms with Crippen molar-refractivity contribution >= 4 is 17.5 Å². The first kappa shape index (κ1) is 17.9. The minimum atomic E-state index is -0.193. The summed E-state index contributed by atoms with van der Waals surface area (Å²) >= 11 is 0. The average molecular weight is 376 g/mol. The second-order valence-electron chi connectivity index (χ2n) is 6.62. The van der Waals surface area contributed by atoms with Gasteiger partial charge < -0.3 is 19.4 Å². The number of nitrogens with one attached hydrogen (secondary N) is 1. The summed E-state index contributed by atoms with van der Waals surface area (Å²) in [6.45, 7) is 1.13. The smallest absolute Gasteiger partial charge is 0.289 e. The summed E-state index contributed by atoms with van der Waals surface area (Å²) in [5.74, 6) is 0.726. The number of fused-ring (bicyclic) bond motifs is 1. The third-order valence-electron chi connectivity index (χ3n) is 4.85. The van der Waals surface area contributed by atoms with E-state index in [1.165, 1.54) is 11.8 Å². The molecular weight excluding hydrogens is 356 g/mol. The lowest BCUT2D eigenvalue weighted by Crippen LogP contribution is -2.35. The van der Waals surface area contributed by atoms with Gasteiger partial charge in [0.25, 0.3) is 11.8 Å². The summed E-state index contributed by atoms with van der Waals surface area (Å²) in [4.78, 5) is 26.8. The van der Waals surface area contributed by atoms with Gasteiger partial charge in [-0.15, -0.1) is 0 Å². The van der Waals surface area contributed by atoms with Crippen molar-refractivity contribution in [2.45, 2.75) is 13.0 Å². The molecule has 0 spiro atoms. The lowest BCUT2D eigenvalue weighted by atomic mass is 9.98. The monoisotopic (exact) mass is 376 g/mol. The van der Waals surface area contributed by atoms with Crippen molar-refractivity contribution in [2.75, 3.05) is 19.0 Å². The molecule has 3 aromatic rings. The predicted molar refractivity (Wildman–Crippen MR) is 105 cm³/mol. The van der Waals surface area contributed by atoms with Gasteiger partial charge in [0.15, 0.2) is 5.76 Å². The molecule has 1 aromatic heterocycles. The number of carbonyl (C=O) groups is 2. The van der Waals surface area contributed by atoms with E-state index in [0.717, 1.165) is 12.0 Å². The van der Waals surface area contributed by atoms with Crippen LogP contribution in [0.5, 0.6) is 5.75 Å². The second kappa shape index (κ2) is 7.60. The SMILES string of the molecule is COc1ccc(C(=O)Nc2ccc3c(c2)CN(C(=O)c2ccco2)CC3)cc1. The molecule has 28 heavy (non-hydrogen) atoms. The van der Waals surface area contributed by atoms with Crippen LogP contribution in [0.25, 0.3) is 0 Å². The van der Waals surface area contributed by atoms with Crippen LogP contribution in [-0.4, -0.2) is 30.4 Å². The molecule has 6 heteroatoms. The average Bonchev–Trinajstić information content (AvgIpc) is 3.27. The van der Waals surface area contributed by atoms with Crippen LogP contribution in [0.2, 0.25) is 0 Å². The maximum atomic E-state index is 12.5. The highest BCUT2D eigenvalue weighted by Crippen LogP contribution is 2.24. The van der Waals surface area contributed by atoms with Crippen molar-refractivity contribution in [1.82, 2.24) is 4.90 Å². The summed E-state index contributed by atoms with van der Waals surface area (Å²) in [7, 11) is 1.59. The second-order valence-corrected chi connectivity index (χ2v) is 6.62. The Morgan fingerprint density at radius 2 is 1.89 bits per heavy atom. The molecule has 1 N–H and O–H groups in total. The van der Waals surface area contributed by atoms with Crippen molar-refractivity contribution in [3.05, 3.63) is 83.3 Å². The number of furan rings is 1. The van der Waals surface area contributed by atoms with Crippen LogP contribution in [0.4, 0.5) is 5.69 Å². The highest BCUT2D eigenvalue weighted by atomic mass is 16.5. The van der Waals surface area contributed by atoms with Crippen molar-refractivity contribution < 1.29 is 18.7 Å². The number of benzene rings is 2. The van der Waals surface area contributed by atoms with Gasteiger partial charge in [0.05, 0.1) is 13.4 Å². The van der Waals surface area contributed by atoms with Crippen LogP contribution in [-0.2, 0) is 13.0 Å². The number of rotatable bonds is 4. The van der Waals surface area contributed by atoms with E-state index in [0.29, 0.717) is 35.9 Å². The van der Waals surface area contributed by atoms with Gasteiger partial charge in [-0.2, -0.15) is 0 Å². The molecule has 4 rings (SSSR count). The number of hydrogen-bond donors (Lipinski definition) is 1. The summed E-state index contributed by atoms with van der Waals surface area (Å²) in [5, 5.41) is 2.92. The molecule has 1 aliphatic heterocycles. The number of methoxy groups -OCH3 is 1. The van der Waals surface area contributed by atoms with Crippen LogP contribution < -0.4 is 10.1 Å². The fraction of sp³-hybridized carbons (Fsp3) is 0.182. The molecule has 0 saturated heterocycles. The minimum absolute atomic E-state index is 0.122. The topological polar surface area (TPSA) is 71.8 Å². The molecule has 0 aliphatic carbocycles. The quantitative estimate of drug-likeness (QED) is 0.753.